The second kappa shape index (κ2) is 10.6. The van der Waals surface area contributed by atoms with Gasteiger partial charge in [0.25, 0.3) is 0 Å². The van der Waals surface area contributed by atoms with Crippen LogP contribution in [-0.4, -0.2) is 36.8 Å². The summed E-state index contributed by atoms with van der Waals surface area (Å²) in [5.41, 5.74) is 7.17. The van der Waals surface area contributed by atoms with Crippen LogP contribution in [-0.2, 0) is 41.8 Å². The van der Waals surface area contributed by atoms with Gasteiger partial charge in [-0.25, -0.2) is 4.39 Å². The van der Waals surface area contributed by atoms with Gasteiger partial charge < -0.3 is 19.4 Å². The molecule has 1 aliphatic heterocycles. The summed E-state index contributed by atoms with van der Waals surface area (Å²) in [6.07, 6.45) is 5.98. The molecular weight excluding hydrogens is 443 g/mol. The summed E-state index contributed by atoms with van der Waals surface area (Å²) in [5.74, 6) is 0.715. The maximum atomic E-state index is 13.8. The average Bonchev–Trinajstić information content (AvgIpc) is 3.52. The first-order chi connectivity index (χ1) is 17.1. The number of nitrogens with zero attached hydrogens (tertiary/aromatic N) is 1. The normalized spacial score (nSPS) is 16.6. The number of nitrogens with one attached hydrogen (secondary N) is 1. The van der Waals surface area contributed by atoms with Crippen molar-refractivity contribution >= 4 is 5.91 Å². The highest BCUT2D eigenvalue weighted by atomic mass is 19.1. The Balaban J connectivity index is 1.37. The Hall–Kier alpha value is -3.12. The highest BCUT2D eigenvalue weighted by Gasteiger charge is 2.24. The Bertz CT molecular complexity index is 1200. The number of carbonyl (C=O) groups is 1. The molecule has 0 bridgehead atoms. The summed E-state index contributed by atoms with van der Waals surface area (Å²) in [5, 5.41) is 3.04. The lowest BCUT2D eigenvalue weighted by atomic mass is 9.90. The number of carbonyl (C=O) groups excluding carboxylic acids is 1. The summed E-state index contributed by atoms with van der Waals surface area (Å²) >= 11 is 0. The zero-order chi connectivity index (χ0) is 24.2. The summed E-state index contributed by atoms with van der Waals surface area (Å²) in [6.45, 7) is 2.11. The summed E-state index contributed by atoms with van der Waals surface area (Å²) in [7, 11) is 1.69. The number of methoxy groups -OCH3 is 1. The van der Waals surface area contributed by atoms with Crippen LogP contribution in [0.1, 0.15) is 41.6 Å². The van der Waals surface area contributed by atoms with Gasteiger partial charge in [0, 0.05) is 37.4 Å². The van der Waals surface area contributed by atoms with Gasteiger partial charge in [0.2, 0.25) is 5.91 Å². The lowest BCUT2D eigenvalue weighted by Crippen LogP contribution is -2.32. The van der Waals surface area contributed by atoms with Crippen LogP contribution in [0, 0.1) is 5.82 Å². The Labute approximate surface area is 206 Å². The van der Waals surface area contributed by atoms with Crippen LogP contribution < -0.4 is 10.1 Å². The monoisotopic (exact) mass is 476 g/mol. The van der Waals surface area contributed by atoms with Crippen LogP contribution in [0.3, 0.4) is 0 Å². The SMILES string of the molecule is COc1ccc2c(c1)CCc1cc(CCC(=O)NCC3CCCO3)n(CCc3cccc(F)c3)c1-2. The van der Waals surface area contributed by atoms with Gasteiger partial charge in [0.15, 0.2) is 0 Å². The number of hydrogen-bond acceptors (Lipinski definition) is 3. The molecule has 1 fully saturated rings. The minimum atomic E-state index is -0.211. The van der Waals surface area contributed by atoms with Crippen LogP contribution in [0.25, 0.3) is 11.3 Å². The van der Waals surface area contributed by atoms with Gasteiger partial charge in [-0.15, -0.1) is 0 Å². The number of halogens is 1. The molecule has 1 aliphatic carbocycles. The van der Waals surface area contributed by atoms with E-state index in [-0.39, 0.29) is 17.8 Å². The number of aromatic nitrogens is 1. The smallest absolute Gasteiger partial charge is 0.220 e. The molecule has 1 atom stereocenters. The number of benzene rings is 2. The van der Waals surface area contributed by atoms with Gasteiger partial charge in [-0.2, -0.15) is 0 Å². The molecule has 2 heterocycles. The number of fused-ring (bicyclic) bond motifs is 3. The first-order valence-corrected chi connectivity index (χ1v) is 12.6. The molecule has 3 aromatic rings. The molecule has 1 N–H and O–H groups in total. The fourth-order valence-electron chi connectivity index (χ4n) is 5.34. The predicted molar refractivity (Wildman–Crippen MR) is 134 cm³/mol. The van der Waals surface area contributed by atoms with E-state index in [1.807, 2.05) is 12.1 Å². The third-order valence-corrected chi connectivity index (χ3v) is 7.17. The lowest BCUT2D eigenvalue weighted by molar-refractivity contribution is -0.121. The van der Waals surface area contributed by atoms with Crippen LogP contribution in [0.4, 0.5) is 4.39 Å². The van der Waals surface area contributed by atoms with Crippen LogP contribution >= 0.6 is 0 Å². The highest BCUT2D eigenvalue weighted by Crippen LogP contribution is 2.38. The van der Waals surface area contributed by atoms with Crippen LogP contribution in [0.15, 0.2) is 48.5 Å². The maximum Gasteiger partial charge on any atom is 0.220 e. The van der Waals surface area contributed by atoms with Crippen molar-refractivity contribution < 1.29 is 18.7 Å². The number of amides is 1. The number of rotatable bonds is 9. The Morgan fingerprint density at radius 2 is 2.03 bits per heavy atom. The highest BCUT2D eigenvalue weighted by molar-refractivity contribution is 5.76. The van der Waals surface area contributed by atoms with E-state index in [4.69, 9.17) is 9.47 Å². The van der Waals surface area contributed by atoms with Crippen LogP contribution in [0.5, 0.6) is 5.75 Å². The minimum Gasteiger partial charge on any atom is -0.497 e. The van der Waals surface area contributed by atoms with Gasteiger partial charge in [0.05, 0.1) is 18.9 Å². The largest absolute Gasteiger partial charge is 0.497 e. The number of hydrogen-bond donors (Lipinski definition) is 1. The molecule has 6 heteroatoms. The van der Waals surface area contributed by atoms with Crippen LogP contribution in [0.2, 0.25) is 0 Å². The lowest BCUT2D eigenvalue weighted by Gasteiger charge is -2.21. The first kappa shape index (κ1) is 23.6. The van der Waals surface area contributed by atoms with Gasteiger partial charge in [0.1, 0.15) is 11.6 Å². The van der Waals surface area contributed by atoms with E-state index in [1.165, 1.54) is 28.5 Å². The predicted octanol–water partition coefficient (Wildman–Crippen LogP) is 4.87. The third-order valence-electron chi connectivity index (χ3n) is 7.17. The molecule has 5 nitrogen and oxygen atoms in total. The van der Waals surface area contributed by atoms with E-state index < -0.39 is 0 Å². The van der Waals surface area contributed by atoms with E-state index in [0.29, 0.717) is 19.4 Å². The van der Waals surface area contributed by atoms with Crippen molar-refractivity contribution in [2.24, 2.45) is 0 Å². The third kappa shape index (κ3) is 5.43. The van der Waals surface area contributed by atoms with Crippen molar-refractivity contribution in [3.05, 3.63) is 76.7 Å². The fourth-order valence-corrected chi connectivity index (χ4v) is 5.34. The topological polar surface area (TPSA) is 52.5 Å². The minimum absolute atomic E-state index is 0.0569. The van der Waals surface area contributed by atoms with E-state index >= 15 is 0 Å². The molecule has 35 heavy (non-hydrogen) atoms. The zero-order valence-corrected chi connectivity index (χ0v) is 20.3. The van der Waals surface area contributed by atoms with Crippen molar-refractivity contribution in [2.75, 3.05) is 20.3 Å². The summed E-state index contributed by atoms with van der Waals surface area (Å²) < 4.78 is 27.2. The second-order valence-corrected chi connectivity index (χ2v) is 9.50. The molecule has 1 saturated heterocycles. The van der Waals surface area contributed by atoms with E-state index in [1.54, 1.807) is 19.2 Å². The maximum absolute atomic E-state index is 13.8. The molecule has 2 aromatic carbocycles. The molecule has 0 spiro atoms. The quantitative estimate of drug-likeness (QED) is 0.479. The molecule has 1 unspecified atom stereocenters. The second-order valence-electron chi connectivity index (χ2n) is 9.50. The molecule has 0 radical (unpaired) electrons. The van der Waals surface area contributed by atoms with Gasteiger partial charge in [-0.3, -0.25) is 4.79 Å². The van der Waals surface area contributed by atoms with Gasteiger partial charge in [-0.05, 0) is 91.6 Å². The van der Waals surface area contributed by atoms with Crippen molar-refractivity contribution in [3.8, 4) is 17.0 Å². The average molecular weight is 477 g/mol. The summed E-state index contributed by atoms with van der Waals surface area (Å²) in [6, 6.07) is 15.4. The van der Waals surface area contributed by atoms with Gasteiger partial charge in [-0.1, -0.05) is 12.1 Å². The van der Waals surface area contributed by atoms with Crippen molar-refractivity contribution in [3.63, 3.8) is 0 Å². The standard InChI is InChI=1S/C29H33FN2O3/c1-34-25-10-11-27-21(18-25)7-8-22-17-24(9-12-28(33)31-19-26-6-3-15-35-26)32(29(22)27)14-13-20-4-2-5-23(30)16-20/h2,4-5,10-11,16-18,26H,3,6-9,12-15,19H2,1H3,(H,31,33). The van der Waals surface area contributed by atoms with Crippen molar-refractivity contribution in [2.45, 2.75) is 57.6 Å². The molecule has 1 aromatic heterocycles. The van der Waals surface area contributed by atoms with Gasteiger partial charge >= 0.3 is 0 Å². The first-order valence-electron chi connectivity index (χ1n) is 12.6. The number of aryl methyl sites for hydroxylation is 4. The Kier molecular flexibility index (Phi) is 7.19. The Morgan fingerprint density at radius 3 is 2.83 bits per heavy atom. The summed E-state index contributed by atoms with van der Waals surface area (Å²) in [4.78, 5) is 12.6. The molecule has 1 amide bonds. The molecule has 2 aliphatic rings. The van der Waals surface area contributed by atoms with E-state index in [0.717, 1.165) is 62.3 Å². The van der Waals surface area contributed by atoms with E-state index in [9.17, 15) is 9.18 Å². The molecule has 184 valence electrons. The molecule has 0 saturated carbocycles. The number of ether oxygens (including phenoxy) is 2. The van der Waals surface area contributed by atoms with Crippen molar-refractivity contribution in [1.82, 2.24) is 9.88 Å². The molecular formula is C29H33FN2O3. The molecule has 5 rings (SSSR count). The van der Waals surface area contributed by atoms with Crippen molar-refractivity contribution in [1.29, 1.82) is 0 Å². The zero-order valence-electron chi connectivity index (χ0n) is 20.3. The fraction of sp³-hybridized carbons (Fsp3) is 0.414. The Morgan fingerprint density at radius 1 is 1.14 bits per heavy atom. The van der Waals surface area contributed by atoms with E-state index in [2.05, 4.69) is 28.1 Å².